The largest absolute Gasteiger partial charge is 0.399 e. The first-order valence-electron chi connectivity index (χ1n) is 3.28. The Morgan fingerprint density at radius 1 is 1.80 bits per heavy atom. The highest BCUT2D eigenvalue weighted by molar-refractivity contribution is 6.26. The molecule has 2 radical (unpaired) electrons. The lowest BCUT2D eigenvalue weighted by Crippen LogP contribution is -2.13. The van der Waals surface area contributed by atoms with Gasteiger partial charge >= 0.3 is 0 Å². The highest BCUT2D eigenvalue weighted by atomic mass is 16.6. The summed E-state index contributed by atoms with van der Waals surface area (Å²) in [7, 11) is 9.25. The summed E-state index contributed by atoms with van der Waals surface area (Å²) < 4.78 is 0. The minimum absolute atomic E-state index is 0.0601. The minimum atomic E-state index is 0.0601. The van der Waals surface area contributed by atoms with Crippen molar-refractivity contribution in [2.45, 2.75) is 5.82 Å². The molecule has 0 aromatic heterocycles. The molecule has 54 valence electrons. The van der Waals surface area contributed by atoms with Crippen LogP contribution in [0.5, 0.6) is 0 Å². The van der Waals surface area contributed by atoms with Crippen molar-refractivity contribution in [3.05, 3.63) is 0 Å². The minimum Gasteiger partial charge on any atom is -0.399 e. The summed E-state index contributed by atoms with van der Waals surface area (Å²) in [5.41, 5.74) is 0.935. The van der Waals surface area contributed by atoms with Crippen molar-refractivity contribution in [1.29, 1.82) is 0 Å². The Morgan fingerprint density at radius 3 is 2.90 bits per heavy atom. The third-order valence-electron chi connectivity index (χ3n) is 1.58. The third kappa shape index (κ3) is 1.50. The second-order valence-corrected chi connectivity index (χ2v) is 2.57. The Morgan fingerprint density at radius 2 is 2.50 bits per heavy atom. The maximum Gasteiger partial charge on any atom is 0.106 e. The van der Waals surface area contributed by atoms with Crippen LogP contribution in [0.2, 0.25) is 5.82 Å². The van der Waals surface area contributed by atoms with E-state index in [2.05, 4.69) is 14.9 Å². The quantitative estimate of drug-likeness (QED) is 0.373. The summed E-state index contributed by atoms with van der Waals surface area (Å²) >= 11 is 0. The molecule has 3 nitrogen and oxygen atoms in total. The van der Waals surface area contributed by atoms with Gasteiger partial charge in [-0.15, -0.1) is 0 Å². The van der Waals surface area contributed by atoms with Gasteiger partial charge in [0.2, 0.25) is 0 Å². The van der Waals surface area contributed by atoms with Gasteiger partial charge in [0.15, 0.2) is 0 Å². The summed E-state index contributed by atoms with van der Waals surface area (Å²) in [5, 5.41) is 3.81. The summed E-state index contributed by atoms with van der Waals surface area (Å²) in [5.74, 6) is 0.0601. The summed E-state index contributed by atoms with van der Waals surface area (Å²) in [6, 6.07) is 0. The number of oxime groups is 1. The molecule has 0 aromatic rings. The van der Waals surface area contributed by atoms with E-state index in [-0.39, 0.29) is 5.82 Å². The average molecular weight is 138 g/mol. The Hall–Kier alpha value is -0.505. The summed E-state index contributed by atoms with van der Waals surface area (Å²) in [4.78, 5) is 6.74. The molecule has 1 fully saturated rings. The maximum atomic E-state index is 5.70. The number of likely N-dealkylation sites (tertiary alicyclic amines) is 1. The molecule has 10 heavy (non-hydrogen) atoms. The first kappa shape index (κ1) is 7.60. The van der Waals surface area contributed by atoms with Gasteiger partial charge in [0.1, 0.15) is 7.11 Å². The predicted molar refractivity (Wildman–Crippen MR) is 41.4 cm³/mol. The van der Waals surface area contributed by atoms with Gasteiger partial charge in [-0.2, -0.15) is 0 Å². The molecule has 1 rings (SSSR count). The van der Waals surface area contributed by atoms with Gasteiger partial charge in [0.25, 0.3) is 0 Å². The zero-order valence-corrected chi connectivity index (χ0v) is 6.37. The van der Waals surface area contributed by atoms with E-state index in [4.69, 9.17) is 7.85 Å². The van der Waals surface area contributed by atoms with Crippen molar-refractivity contribution in [3.8, 4) is 0 Å². The Labute approximate surface area is 62.4 Å². The van der Waals surface area contributed by atoms with Crippen LogP contribution >= 0.6 is 0 Å². The molecular weight excluding hydrogens is 127 g/mol. The van der Waals surface area contributed by atoms with Crippen molar-refractivity contribution in [2.75, 3.05) is 27.2 Å². The Kier molecular flexibility index (Phi) is 2.32. The van der Waals surface area contributed by atoms with Crippen LogP contribution in [-0.2, 0) is 4.84 Å². The average Bonchev–Trinajstić information content (AvgIpc) is 2.13. The smallest absolute Gasteiger partial charge is 0.106 e. The SMILES string of the molecule is [B]C1CN(C)C/C1=N/OC. The van der Waals surface area contributed by atoms with Gasteiger partial charge in [-0.25, -0.2) is 0 Å². The van der Waals surface area contributed by atoms with Crippen molar-refractivity contribution in [1.82, 2.24) is 4.90 Å². The molecule has 0 aromatic carbocycles. The molecule has 1 unspecified atom stereocenters. The third-order valence-corrected chi connectivity index (χ3v) is 1.58. The Bertz CT molecular complexity index is 149. The summed E-state index contributed by atoms with van der Waals surface area (Å²) in [6.45, 7) is 1.71. The topological polar surface area (TPSA) is 24.8 Å². The lowest BCUT2D eigenvalue weighted by molar-refractivity contribution is 0.212. The van der Waals surface area contributed by atoms with E-state index in [1.807, 2.05) is 7.05 Å². The first-order valence-corrected chi connectivity index (χ1v) is 3.28. The van der Waals surface area contributed by atoms with Crippen molar-refractivity contribution in [3.63, 3.8) is 0 Å². The van der Waals surface area contributed by atoms with Gasteiger partial charge in [-0.3, -0.25) is 0 Å². The van der Waals surface area contributed by atoms with Gasteiger partial charge in [-0.05, 0) is 19.4 Å². The van der Waals surface area contributed by atoms with Gasteiger partial charge < -0.3 is 9.74 Å². The van der Waals surface area contributed by atoms with Crippen LogP contribution in [0.3, 0.4) is 0 Å². The van der Waals surface area contributed by atoms with E-state index < -0.39 is 0 Å². The van der Waals surface area contributed by atoms with Crippen LogP contribution in [-0.4, -0.2) is 45.7 Å². The first-order chi connectivity index (χ1) is 4.74. The molecule has 0 spiro atoms. The predicted octanol–water partition coefficient (Wildman–Crippen LogP) is -0.109. The van der Waals surface area contributed by atoms with Crippen molar-refractivity contribution >= 4 is 13.6 Å². The number of hydrogen-bond acceptors (Lipinski definition) is 3. The Balaban J connectivity index is 2.54. The van der Waals surface area contributed by atoms with E-state index in [9.17, 15) is 0 Å². The van der Waals surface area contributed by atoms with E-state index in [1.165, 1.54) is 7.11 Å². The van der Waals surface area contributed by atoms with Crippen LogP contribution in [0.15, 0.2) is 5.16 Å². The fourth-order valence-electron chi connectivity index (χ4n) is 1.11. The molecule has 1 atom stereocenters. The molecule has 0 amide bonds. The molecule has 0 bridgehead atoms. The van der Waals surface area contributed by atoms with Crippen LogP contribution in [0, 0.1) is 0 Å². The molecule has 0 N–H and O–H groups in total. The molecule has 4 heteroatoms. The van der Waals surface area contributed by atoms with E-state index in [0.717, 1.165) is 18.8 Å². The van der Waals surface area contributed by atoms with Gasteiger partial charge in [-0.1, -0.05) is 5.16 Å². The maximum absolute atomic E-state index is 5.70. The van der Waals surface area contributed by atoms with Crippen molar-refractivity contribution in [2.24, 2.45) is 5.16 Å². The number of nitrogens with zero attached hydrogens (tertiary/aromatic N) is 2. The monoisotopic (exact) mass is 138 g/mol. The highest BCUT2D eigenvalue weighted by Crippen LogP contribution is 2.13. The normalized spacial score (nSPS) is 31.4. The van der Waals surface area contributed by atoms with Crippen LogP contribution in [0.1, 0.15) is 0 Å². The number of hydrogen-bond donors (Lipinski definition) is 0. The second kappa shape index (κ2) is 3.06. The lowest BCUT2D eigenvalue weighted by Gasteiger charge is -2.02. The number of rotatable bonds is 1. The molecule has 1 aliphatic rings. The standard InChI is InChI=1S/C6H11BN2O/c1-9-3-5(7)6(4-9)8-10-2/h5H,3-4H2,1-2H3/b8-6-. The van der Waals surface area contributed by atoms with Crippen LogP contribution in [0.4, 0.5) is 0 Å². The summed E-state index contributed by atoms with van der Waals surface area (Å²) in [6.07, 6.45) is 0. The van der Waals surface area contributed by atoms with Gasteiger partial charge in [0, 0.05) is 6.54 Å². The molecule has 0 aliphatic carbocycles. The fourth-order valence-corrected chi connectivity index (χ4v) is 1.11. The molecule has 0 saturated carbocycles. The van der Waals surface area contributed by atoms with E-state index in [1.54, 1.807) is 0 Å². The van der Waals surface area contributed by atoms with Crippen molar-refractivity contribution < 1.29 is 4.84 Å². The van der Waals surface area contributed by atoms with Crippen LogP contribution in [0.25, 0.3) is 0 Å². The second-order valence-electron chi connectivity index (χ2n) is 2.57. The van der Waals surface area contributed by atoms with E-state index in [0.29, 0.717) is 0 Å². The zero-order chi connectivity index (χ0) is 7.56. The fraction of sp³-hybridized carbons (Fsp3) is 0.833. The highest BCUT2D eigenvalue weighted by Gasteiger charge is 2.22. The molecular formula is C6H11BN2O. The lowest BCUT2D eigenvalue weighted by atomic mass is 9.86. The van der Waals surface area contributed by atoms with Crippen LogP contribution < -0.4 is 0 Å². The zero-order valence-electron chi connectivity index (χ0n) is 6.37. The molecule has 1 saturated heterocycles. The molecule has 1 aliphatic heterocycles. The molecule has 1 heterocycles. The van der Waals surface area contributed by atoms with Gasteiger partial charge in [0.05, 0.1) is 13.6 Å². The van der Waals surface area contributed by atoms with E-state index >= 15 is 0 Å².